The molecular formula is C21H25ClN2O6S. The van der Waals surface area contributed by atoms with Crippen molar-refractivity contribution in [3.05, 3.63) is 40.9 Å². The number of carbonyl (C=O) groups excluding carboxylic acids is 1. The Balaban J connectivity index is 1.81. The van der Waals surface area contributed by atoms with Crippen LogP contribution in [0.25, 0.3) is 0 Å². The van der Waals surface area contributed by atoms with Crippen LogP contribution < -0.4 is 19.5 Å². The molecule has 1 aliphatic heterocycles. The average Bonchev–Trinajstić information content (AvgIpc) is 2.95. The molecule has 0 aliphatic carbocycles. The SMILES string of the molecule is CCOc1ccc(NC(=O)Cc2cc(Cl)c3c(c2)OCCCO3)cc1S(=O)(=O)N(C)C. The minimum atomic E-state index is -3.76. The molecule has 1 heterocycles. The molecule has 1 N–H and O–H groups in total. The number of rotatable bonds is 7. The lowest BCUT2D eigenvalue weighted by atomic mass is 10.1. The van der Waals surface area contributed by atoms with Gasteiger partial charge in [-0.1, -0.05) is 11.6 Å². The maximum absolute atomic E-state index is 12.7. The van der Waals surface area contributed by atoms with Crippen LogP contribution in [0.15, 0.2) is 35.2 Å². The highest BCUT2D eigenvalue weighted by atomic mass is 35.5. The standard InChI is InChI=1S/C21H25ClN2O6S/c1-4-28-17-7-6-15(13-19(17)31(26,27)24(2)3)23-20(25)12-14-10-16(22)21-18(11-14)29-8-5-9-30-21/h6-7,10-11,13H,4-5,8-9,12H2,1-3H3,(H,23,25). The Kier molecular flexibility index (Phi) is 7.30. The third-order valence-electron chi connectivity index (χ3n) is 4.51. The summed E-state index contributed by atoms with van der Waals surface area (Å²) in [7, 11) is -0.888. The van der Waals surface area contributed by atoms with Crippen LogP contribution in [0.4, 0.5) is 5.69 Å². The van der Waals surface area contributed by atoms with Gasteiger partial charge in [0.2, 0.25) is 15.9 Å². The number of ether oxygens (including phenoxy) is 3. The molecule has 0 saturated carbocycles. The van der Waals surface area contributed by atoms with E-state index in [2.05, 4.69) is 5.32 Å². The number of halogens is 1. The van der Waals surface area contributed by atoms with Gasteiger partial charge in [0.25, 0.3) is 0 Å². The van der Waals surface area contributed by atoms with Crippen LogP contribution in [-0.4, -0.2) is 52.5 Å². The van der Waals surface area contributed by atoms with E-state index in [1.807, 2.05) is 0 Å². The Hall–Kier alpha value is -2.49. The first-order valence-corrected chi connectivity index (χ1v) is 11.6. The minimum Gasteiger partial charge on any atom is -0.492 e. The van der Waals surface area contributed by atoms with Crippen LogP contribution >= 0.6 is 11.6 Å². The van der Waals surface area contributed by atoms with Crippen LogP contribution in [0.5, 0.6) is 17.2 Å². The second-order valence-corrected chi connectivity index (χ2v) is 9.59. The van der Waals surface area contributed by atoms with Crippen molar-refractivity contribution in [2.45, 2.75) is 24.7 Å². The Labute approximate surface area is 187 Å². The average molecular weight is 469 g/mol. The molecular weight excluding hydrogens is 444 g/mol. The molecule has 168 valence electrons. The summed E-state index contributed by atoms with van der Waals surface area (Å²) in [6, 6.07) is 7.90. The van der Waals surface area contributed by atoms with Gasteiger partial charge in [-0.3, -0.25) is 4.79 Å². The van der Waals surface area contributed by atoms with Crippen molar-refractivity contribution in [2.24, 2.45) is 0 Å². The summed E-state index contributed by atoms with van der Waals surface area (Å²) in [4.78, 5) is 12.6. The molecule has 31 heavy (non-hydrogen) atoms. The maximum atomic E-state index is 12.7. The number of nitrogens with zero attached hydrogens (tertiary/aromatic N) is 1. The molecule has 0 spiro atoms. The van der Waals surface area contributed by atoms with Gasteiger partial charge in [0.05, 0.1) is 31.3 Å². The highest BCUT2D eigenvalue weighted by Crippen LogP contribution is 2.38. The van der Waals surface area contributed by atoms with Crippen LogP contribution in [0, 0.1) is 0 Å². The highest BCUT2D eigenvalue weighted by Gasteiger charge is 2.23. The molecule has 10 heteroatoms. The second-order valence-electron chi connectivity index (χ2n) is 7.06. The van der Waals surface area contributed by atoms with Gasteiger partial charge in [-0.2, -0.15) is 0 Å². The van der Waals surface area contributed by atoms with E-state index in [0.717, 1.165) is 10.7 Å². The summed E-state index contributed by atoms with van der Waals surface area (Å²) in [5.41, 5.74) is 0.994. The van der Waals surface area contributed by atoms with E-state index >= 15 is 0 Å². The number of benzene rings is 2. The molecule has 3 rings (SSSR count). The fraction of sp³-hybridized carbons (Fsp3) is 0.381. The summed E-state index contributed by atoms with van der Waals surface area (Å²) < 4.78 is 43.1. The van der Waals surface area contributed by atoms with E-state index in [-0.39, 0.29) is 23.0 Å². The first-order chi connectivity index (χ1) is 14.7. The third kappa shape index (κ3) is 5.41. The Bertz CT molecular complexity index is 1070. The van der Waals surface area contributed by atoms with Crippen molar-refractivity contribution in [1.82, 2.24) is 4.31 Å². The van der Waals surface area contributed by atoms with Crippen molar-refractivity contribution in [2.75, 3.05) is 39.2 Å². The predicted molar refractivity (Wildman–Crippen MR) is 118 cm³/mol. The van der Waals surface area contributed by atoms with Gasteiger partial charge in [0, 0.05) is 26.2 Å². The minimum absolute atomic E-state index is 0.0178. The number of hydrogen-bond acceptors (Lipinski definition) is 6. The monoisotopic (exact) mass is 468 g/mol. The Morgan fingerprint density at radius 1 is 1.19 bits per heavy atom. The van der Waals surface area contributed by atoms with E-state index < -0.39 is 10.0 Å². The number of sulfonamides is 1. The summed E-state index contributed by atoms with van der Waals surface area (Å²) >= 11 is 6.29. The molecule has 2 aromatic carbocycles. The van der Waals surface area contributed by atoms with E-state index in [0.29, 0.717) is 47.6 Å². The van der Waals surface area contributed by atoms with Gasteiger partial charge >= 0.3 is 0 Å². The van der Waals surface area contributed by atoms with Gasteiger partial charge in [-0.15, -0.1) is 0 Å². The molecule has 1 amide bonds. The zero-order valence-corrected chi connectivity index (χ0v) is 19.2. The zero-order valence-electron chi connectivity index (χ0n) is 17.6. The summed E-state index contributed by atoms with van der Waals surface area (Å²) in [6.45, 7) is 3.10. The van der Waals surface area contributed by atoms with E-state index in [9.17, 15) is 13.2 Å². The molecule has 2 aromatic rings. The molecule has 1 aliphatic rings. The number of anilines is 1. The van der Waals surface area contributed by atoms with Crippen LogP contribution in [0.3, 0.4) is 0 Å². The third-order valence-corrected chi connectivity index (χ3v) is 6.63. The van der Waals surface area contributed by atoms with E-state index in [4.69, 9.17) is 25.8 Å². The predicted octanol–water partition coefficient (Wildman–Crippen LogP) is 3.33. The van der Waals surface area contributed by atoms with Gasteiger partial charge in [-0.25, -0.2) is 12.7 Å². The fourth-order valence-corrected chi connectivity index (χ4v) is 4.37. The normalized spacial score (nSPS) is 13.6. The molecule has 0 atom stereocenters. The topological polar surface area (TPSA) is 94.2 Å². The van der Waals surface area contributed by atoms with Crippen LogP contribution in [0.2, 0.25) is 5.02 Å². The van der Waals surface area contributed by atoms with Crippen molar-refractivity contribution >= 4 is 33.2 Å². The lowest BCUT2D eigenvalue weighted by molar-refractivity contribution is -0.115. The van der Waals surface area contributed by atoms with E-state index in [1.165, 1.54) is 26.2 Å². The number of nitrogens with one attached hydrogen (secondary N) is 1. The highest BCUT2D eigenvalue weighted by molar-refractivity contribution is 7.89. The summed E-state index contributed by atoms with van der Waals surface area (Å²) in [5, 5.41) is 3.11. The molecule has 0 unspecified atom stereocenters. The smallest absolute Gasteiger partial charge is 0.246 e. The van der Waals surface area contributed by atoms with Crippen molar-refractivity contribution in [1.29, 1.82) is 0 Å². The van der Waals surface area contributed by atoms with E-state index in [1.54, 1.807) is 25.1 Å². The lowest BCUT2D eigenvalue weighted by Crippen LogP contribution is -2.23. The molecule has 0 radical (unpaired) electrons. The number of hydrogen-bond donors (Lipinski definition) is 1. The molecule has 0 bridgehead atoms. The maximum Gasteiger partial charge on any atom is 0.246 e. The van der Waals surface area contributed by atoms with Gasteiger partial charge in [0.15, 0.2) is 11.5 Å². The largest absolute Gasteiger partial charge is 0.492 e. The first-order valence-electron chi connectivity index (χ1n) is 9.79. The fourth-order valence-electron chi connectivity index (χ4n) is 3.04. The zero-order chi connectivity index (χ0) is 22.6. The van der Waals surface area contributed by atoms with Crippen LogP contribution in [0.1, 0.15) is 18.9 Å². The Morgan fingerprint density at radius 2 is 1.94 bits per heavy atom. The van der Waals surface area contributed by atoms with Gasteiger partial charge in [-0.05, 0) is 42.8 Å². The lowest BCUT2D eigenvalue weighted by Gasteiger charge is -2.17. The molecule has 8 nitrogen and oxygen atoms in total. The summed E-state index contributed by atoms with van der Waals surface area (Å²) in [6.07, 6.45) is 0.774. The summed E-state index contributed by atoms with van der Waals surface area (Å²) in [5.74, 6) is 0.883. The Morgan fingerprint density at radius 3 is 2.65 bits per heavy atom. The number of fused-ring (bicyclic) bond motifs is 1. The number of amides is 1. The molecule has 0 saturated heterocycles. The van der Waals surface area contributed by atoms with Crippen molar-refractivity contribution < 1.29 is 27.4 Å². The van der Waals surface area contributed by atoms with Crippen molar-refractivity contribution in [3.63, 3.8) is 0 Å². The van der Waals surface area contributed by atoms with Crippen molar-refractivity contribution in [3.8, 4) is 17.2 Å². The second kappa shape index (κ2) is 9.76. The van der Waals surface area contributed by atoms with Gasteiger partial charge < -0.3 is 19.5 Å². The van der Waals surface area contributed by atoms with Gasteiger partial charge in [0.1, 0.15) is 10.6 Å². The molecule has 0 aromatic heterocycles. The molecule has 0 fully saturated rings. The quantitative estimate of drug-likeness (QED) is 0.669. The van der Waals surface area contributed by atoms with Crippen LogP contribution in [-0.2, 0) is 21.2 Å². The first kappa shape index (κ1) is 23.2. The number of carbonyl (C=O) groups is 1.